The van der Waals surface area contributed by atoms with Gasteiger partial charge in [-0.15, -0.1) is 0 Å². The Labute approximate surface area is 140 Å². The summed E-state index contributed by atoms with van der Waals surface area (Å²) in [6, 6.07) is 4.04. The number of fused-ring (bicyclic) bond motifs is 1. The number of hydrogen-bond donors (Lipinski definition) is 1. The van der Waals surface area contributed by atoms with Crippen LogP contribution in [0.2, 0.25) is 0 Å². The van der Waals surface area contributed by atoms with Crippen LogP contribution in [0, 0.1) is 0 Å². The minimum Gasteiger partial charge on any atom is -0.378 e. The molecule has 126 valence electrons. The molecule has 0 radical (unpaired) electrons. The number of aromatic nitrogens is 3. The fourth-order valence-electron chi connectivity index (χ4n) is 3.33. The molecule has 7 heteroatoms. The normalized spacial score (nSPS) is 18.4. The maximum absolute atomic E-state index is 12.8. The SMILES string of the molecule is O=C(c1n[nH]c2c1CN(Cc1cccnc1)CC2)N1CCOCC1. The van der Waals surface area contributed by atoms with E-state index >= 15 is 0 Å². The van der Waals surface area contributed by atoms with Crippen LogP contribution in [0.25, 0.3) is 0 Å². The Morgan fingerprint density at radius 2 is 2.17 bits per heavy atom. The van der Waals surface area contributed by atoms with Crippen molar-refractivity contribution < 1.29 is 9.53 Å². The second kappa shape index (κ2) is 6.70. The van der Waals surface area contributed by atoms with E-state index in [0.717, 1.165) is 37.3 Å². The number of H-pyrrole nitrogens is 1. The van der Waals surface area contributed by atoms with Crippen molar-refractivity contribution in [2.45, 2.75) is 19.5 Å². The number of hydrogen-bond acceptors (Lipinski definition) is 5. The molecule has 0 aliphatic carbocycles. The molecule has 0 saturated carbocycles. The van der Waals surface area contributed by atoms with Gasteiger partial charge in [0.1, 0.15) is 0 Å². The van der Waals surface area contributed by atoms with Crippen LogP contribution in [0.3, 0.4) is 0 Å². The molecule has 1 saturated heterocycles. The number of carbonyl (C=O) groups excluding carboxylic acids is 1. The van der Waals surface area contributed by atoms with E-state index in [4.69, 9.17) is 4.74 Å². The summed E-state index contributed by atoms with van der Waals surface area (Å²) in [5, 5.41) is 7.38. The zero-order valence-electron chi connectivity index (χ0n) is 13.6. The molecule has 0 bridgehead atoms. The molecule has 2 aromatic rings. The van der Waals surface area contributed by atoms with Gasteiger partial charge in [-0.1, -0.05) is 6.07 Å². The lowest BCUT2D eigenvalue weighted by Gasteiger charge is -2.29. The number of aromatic amines is 1. The van der Waals surface area contributed by atoms with Gasteiger partial charge in [-0.2, -0.15) is 5.10 Å². The molecule has 7 nitrogen and oxygen atoms in total. The molecule has 0 aromatic carbocycles. The van der Waals surface area contributed by atoms with Gasteiger partial charge in [-0.05, 0) is 11.6 Å². The highest BCUT2D eigenvalue weighted by Crippen LogP contribution is 2.23. The average Bonchev–Trinajstić information content (AvgIpc) is 3.06. The fourth-order valence-corrected chi connectivity index (χ4v) is 3.33. The van der Waals surface area contributed by atoms with Gasteiger partial charge in [-0.3, -0.25) is 19.8 Å². The van der Waals surface area contributed by atoms with E-state index in [9.17, 15) is 4.79 Å². The van der Waals surface area contributed by atoms with Crippen LogP contribution in [-0.2, 0) is 24.2 Å². The van der Waals surface area contributed by atoms with Crippen molar-refractivity contribution in [3.8, 4) is 0 Å². The van der Waals surface area contributed by atoms with Gasteiger partial charge in [0.25, 0.3) is 5.91 Å². The van der Waals surface area contributed by atoms with Gasteiger partial charge < -0.3 is 9.64 Å². The molecule has 2 aliphatic heterocycles. The van der Waals surface area contributed by atoms with E-state index in [1.807, 2.05) is 17.2 Å². The summed E-state index contributed by atoms with van der Waals surface area (Å²) in [4.78, 5) is 21.1. The van der Waals surface area contributed by atoms with Crippen LogP contribution in [-0.4, -0.2) is 63.7 Å². The maximum atomic E-state index is 12.8. The second-order valence-electron chi connectivity index (χ2n) is 6.26. The summed E-state index contributed by atoms with van der Waals surface area (Å²) in [6.07, 6.45) is 4.57. The summed E-state index contributed by atoms with van der Waals surface area (Å²) in [5.41, 5.74) is 3.89. The maximum Gasteiger partial charge on any atom is 0.274 e. The summed E-state index contributed by atoms with van der Waals surface area (Å²) in [5.74, 6) is 0.0130. The number of nitrogens with one attached hydrogen (secondary N) is 1. The standard InChI is InChI=1S/C17H21N5O2/c23-17(22-6-8-24-9-7-22)16-14-12-21(5-3-15(14)19-20-16)11-13-2-1-4-18-10-13/h1-2,4,10H,3,5-9,11-12H2,(H,19,20). The zero-order valence-corrected chi connectivity index (χ0v) is 13.6. The molecule has 0 spiro atoms. The number of pyridine rings is 1. The molecule has 1 fully saturated rings. The van der Waals surface area contributed by atoms with E-state index in [1.54, 1.807) is 6.20 Å². The van der Waals surface area contributed by atoms with Crippen molar-refractivity contribution in [3.63, 3.8) is 0 Å². The highest BCUT2D eigenvalue weighted by Gasteiger charge is 2.28. The average molecular weight is 327 g/mol. The van der Waals surface area contributed by atoms with E-state index < -0.39 is 0 Å². The van der Waals surface area contributed by atoms with Gasteiger partial charge in [0.05, 0.1) is 13.2 Å². The van der Waals surface area contributed by atoms with Crippen molar-refractivity contribution in [3.05, 3.63) is 47.0 Å². The Morgan fingerprint density at radius 1 is 1.29 bits per heavy atom. The third-order valence-electron chi connectivity index (χ3n) is 4.64. The Morgan fingerprint density at radius 3 is 2.96 bits per heavy atom. The first-order valence-corrected chi connectivity index (χ1v) is 8.35. The van der Waals surface area contributed by atoms with E-state index in [0.29, 0.717) is 32.0 Å². The monoisotopic (exact) mass is 327 g/mol. The van der Waals surface area contributed by atoms with Crippen molar-refractivity contribution in [1.29, 1.82) is 0 Å². The zero-order chi connectivity index (χ0) is 16.4. The Kier molecular flexibility index (Phi) is 4.27. The number of rotatable bonds is 3. The largest absolute Gasteiger partial charge is 0.378 e. The molecule has 2 aromatic heterocycles. The predicted molar refractivity (Wildman–Crippen MR) is 87.4 cm³/mol. The van der Waals surface area contributed by atoms with Gasteiger partial charge in [-0.25, -0.2) is 0 Å². The molecular formula is C17H21N5O2. The molecule has 0 unspecified atom stereocenters. The van der Waals surface area contributed by atoms with Crippen LogP contribution < -0.4 is 0 Å². The van der Waals surface area contributed by atoms with Gasteiger partial charge >= 0.3 is 0 Å². The van der Waals surface area contributed by atoms with E-state index in [1.165, 1.54) is 5.56 Å². The van der Waals surface area contributed by atoms with Crippen molar-refractivity contribution in [1.82, 2.24) is 25.0 Å². The van der Waals surface area contributed by atoms with Gasteiger partial charge in [0.2, 0.25) is 0 Å². The smallest absolute Gasteiger partial charge is 0.274 e. The summed E-state index contributed by atoms with van der Waals surface area (Å²) in [7, 11) is 0. The molecule has 1 amide bonds. The lowest BCUT2D eigenvalue weighted by Crippen LogP contribution is -2.41. The molecule has 1 N–H and O–H groups in total. The predicted octanol–water partition coefficient (Wildman–Crippen LogP) is 0.835. The fraction of sp³-hybridized carbons (Fsp3) is 0.471. The number of nitrogens with zero attached hydrogens (tertiary/aromatic N) is 4. The van der Waals surface area contributed by atoms with E-state index in [2.05, 4.69) is 26.1 Å². The highest BCUT2D eigenvalue weighted by atomic mass is 16.5. The highest BCUT2D eigenvalue weighted by molar-refractivity contribution is 5.94. The van der Waals surface area contributed by atoms with Crippen LogP contribution in [0.15, 0.2) is 24.5 Å². The van der Waals surface area contributed by atoms with E-state index in [-0.39, 0.29) is 5.91 Å². The molecule has 4 heterocycles. The summed E-state index contributed by atoms with van der Waals surface area (Å²) >= 11 is 0. The minimum atomic E-state index is 0.0130. The third-order valence-corrected chi connectivity index (χ3v) is 4.64. The Bertz CT molecular complexity index is 709. The lowest BCUT2D eigenvalue weighted by molar-refractivity contribution is 0.0297. The molecule has 4 rings (SSSR count). The number of ether oxygens (including phenoxy) is 1. The van der Waals surface area contributed by atoms with Crippen LogP contribution in [0.5, 0.6) is 0 Å². The number of amides is 1. The number of carbonyl (C=O) groups is 1. The second-order valence-corrected chi connectivity index (χ2v) is 6.26. The lowest BCUT2D eigenvalue weighted by atomic mass is 10.0. The quantitative estimate of drug-likeness (QED) is 0.904. The Balaban J connectivity index is 1.50. The number of morpholine rings is 1. The molecule has 2 aliphatic rings. The first-order chi connectivity index (χ1) is 11.8. The van der Waals surface area contributed by atoms with Crippen molar-refractivity contribution in [2.24, 2.45) is 0 Å². The first kappa shape index (κ1) is 15.3. The van der Waals surface area contributed by atoms with Gasteiger partial charge in [0.15, 0.2) is 5.69 Å². The van der Waals surface area contributed by atoms with Crippen LogP contribution in [0.4, 0.5) is 0 Å². The topological polar surface area (TPSA) is 74.4 Å². The van der Waals surface area contributed by atoms with Crippen molar-refractivity contribution >= 4 is 5.91 Å². The third kappa shape index (κ3) is 3.05. The Hall–Kier alpha value is -2.25. The minimum absolute atomic E-state index is 0.0130. The summed E-state index contributed by atoms with van der Waals surface area (Å²) < 4.78 is 5.33. The van der Waals surface area contributed by atoms with Crippen LogP contribution in [0.1, 0.15) is 27.3 Å². The molecule has 0 atom stereocenters. The summed E-state index contributed by atoms with van der Waals surface area (Å²) in [6.45, 7) is 5.02. The van der Waals surface area contributed by atoms with Gasteiger partial charge in [0, 0.05) is 62.8 Å². The first-order valence-electron chi connectivity index (χ1n) is 8.35. The molecular weight excluding hydrogens is 306 g/mol. The molecule has 24 heavy (non-hydrogen) atoms. The van der Waals surface area contributed by atoms with Crippen LogP contribution >= 0.6 is 0 Å². The van der Waals surface area contributed by atoms with Crippen molar-refractivity contribution in [2.75, 3.05) is 32.8 Å².